The maximum atomic E-state index is 12.0. The lowest BCUT2D eigenvalue weighted by Crippen LogP contribution is -2.46. The van der Waals surface area contributed by atoms with Gasteiger partial charge in [-0.1, -0.05) is 42.4 Å². The molecule has 1 heterocycles. The maximum absolute atomic E-state index is 12.0. The minimum Gasteiger partial charge on any atom is -0.384 e. The van der Waals surface area contributed by atoms with Crippen LogP contribution in [0.3, 0.4) is 0 Å². The average Bonchev–Trinajstić information content (AvgIpc) is 2.55. The number of morpholine rings is 1. The Morgan fingerprint density at radius 2 is 2.24 bits per heavy atom. The van der Waals surface area contributed by atoms with Gasteiger partial charge in [0.1, 0.15) is 0 Å². The van der Waals surface area contributed by atoms with Gasteiger partial charge >= 0.3 is 0 Å². The molecule has 0 saturated carbocycles. The van der Waals surface area contributed by atoms with Crippen LogP contribution >= 0.6 is 0 Å². The van der Waals surface area contributed by atoms with Gasteiger partial charge in [0.2, 0.25) is 0 Å². The summed E-state index contributed by atoms with van der Waals surface area (Å²) in [6.45, 7) is 3.71. The van der Waals surface area contributed by atoms with Gasteiger partial charge in [0.05, 0.1) is 12.7 Å². The third-order valence-corrected chi connectivity index (χ3v) is 3.37. The predicted octanol–water partition coefficient (Wildman–Crippen LogP) is 0.961. The van der Waals surface area contributed by atoms with Gasteiger partial charge < -0.3 is 20.2 Å². The van der Waals surface area contributed by atoms with E-state index in [0.29, 0.717) is 19.7 Å². The number of rotatable bonds is 5. The lowest BCUT2D eigenvalue weighted by atomic mass is 10.2. The second-order valence-corrected chi connectivity index (χ2v) is 4.86. The van der Waals surface area contributed by atoms with Crippen molar-refractivity contribution in [3.05, 3.63) is 35.9 Å². The molecule has 1 atom stereocenters. The number of oxime groups is 1. The van der Waals surface area contributed by atoms with Crippen molar-refractivity contribution >= 4 is 11.7 Å². The standard InChI is InChI=1S/C15H21N3O3/c1-2-13-10-18(8-9-20-13)14(19)11-21-17-15(16)12-6-4-3-5-7-12/h3-7,13H,2,8-11H2,1H3,(H2,16,17). The molecule has 2 rings (SSSR count). The largest absolute Gasteiger partial charge is 0.384 e. The Kier molecular flexibility index (Phi) is 5.57. The molecule has 1 aromatic carbocycles. The van der Waals surface area contributed by atoms with E-state index in [2.05, 4.69) is 5.16 Å². The van der Waals surface area contributed by atoms with E-state index >= 15 is 0 Å². The smallest absolute Gasteiger partial charge is 0.263 e. The first-order chi connectivity index (χ1) is 10.2. The Hall–Kier alpha value is -2.08. The number of carbonyl (C=O) groups is 1. The summed E-state index contributed by atoms with van der Waals surface area (Å²) in [5.74, 6) is 0.165. The highest BCUT2D eigenvalue weighted by molar-refractivity contribution is 5.97. The molecule has 1 amide bonds. The molecule has 6 nitrogen and oxygen atoms in total. The fourth-order valence-electron chi connectivity index (χ4n) is 2.10. The number of nitrogens with zero attached hydrogens (tertiary/aromatic N) is 2. The molecule has 1 aliphatic rings. The van der Waals surface area contributed by atoms with E-state index in [4.69, 9.17) is 15.3 Å². The van der Waals surface area contributed by atoms with E-state index in [0.717, 1.165) is 12.0 Å². The molecule has 6 heteroatoms. The lowest BCUT2D eigenvalue weighted by Gasteiger charge is -2.32. The topological polar surface area (TPSA) is 77.2 Å². The molecule has 0 aliphatic carbocycles. The number of ether oxygens (including phenoxy) is 1. The Labute approximate surface area is 124 Å². The normalized spacial score (nSPS) is 19.4. The van der Waals surface area contributed by atoms with Gasteiger partial charge in [-0.3, -0.25) is 4.79 Å². The fourth-order valence-corrected chi connectivity index (χ4v) is 2.10. The highest BCUT2D eigenvalue weighted by atomic mass is 16.6. The van der Waals surface area contributed by atoms with Crippen LogP contribution in [-0.2, 0) is 14.4 Å². The van der Waals surface area contributed by atoms with Gasteiger partial charge in [-0.05, 0) is 6.42 Å². The van der Waals surface area contributed by atoms with Crippen molar-refractivity contribution in [2.24, 2.45) is 10.9 Å². The summed E-state index contributed by atoms with van der Waals surface area (Å²) in [4.78, 5) is 18.8. The number of nitrogens with two attached hydrogens (primary N) is 1. The van der Waals surface area contributed by atoms with Crippen molar-refractivity contribution in [3.8, 4) is 0 Å². The second kappa shape index (κ2) is 7.64. The molecule has 1 saturated heterocycles. The second-order valence-electron chi connectivity index (χ2n) is 4.86. The van der Waals surface area contributed by atoms with Crippen LogP contribution in [-0.4, -0.2) is 49.0 Å². The van der Waals surface area contributed by atoms with Crippen molar-refractivity contribution in [3.63, 3.8) is 0 Å². The highest BCUT2D eigenvalue weighted by Crippen LogP contribution is 2.08. The Morgan fingerprint density at radius 1 is 1.48 bits per heavy atom. The molecule has 1 aromatic rings. The molecule has 0 aromatic heterocycles. The zero-order valence-electron chi connectivity index (χ0n) is 12.2. The van der Waals surface area contributed by atoms with Crippen molar-refractivity contribution in [1.82, 2.24) is 4.90 Å². The Balaban J connectivity index is 1.81. The quantitative estimate of drug-likeness (QED) is 0.498. The van der Waals surface area contributed by atoms with Crippen LogP contribution in [0.1, 0.15) is 18.9 Å². The first-order valence-corrected chi connectivity index (χ1v) is 7.11. The van der Waals surface area contributed by atoms with Crippen LogP contribution in [0.4, 0.5) is 0 Å². The van der Waals surface area contributed by atoms with Crippen LogP contribution < -0.4 is 5.73 Å². The van der Waals surface area contributed by atoms with Gasteiger partial charge in [-0.2, -0.15) is 0 Å². The fraction of sp³-hybridized carbons (Fsp3) is 0.467. The van der Waals surface area contributed by atoms with Crippen molar-refractivity contribution in [1.29, 1.82) is 0 Å². The highest BCUT2D eigenvalue weighted by Gasteiger charge is 2.23. The lowest BCUT2D eigenvalue weighted by molar-refractivity contribution is -0.143. The van der Waals surface area contributed by atoms with Crippen molar-refractivity contribution in [2.45, 2.75) is 19.4 Å². The maximum Gasteiger partial charge on any atom is 0.263 e. The SMILES string of the molecule is CCC1CN(C(=O)CON=C(N)c2ccccc2)CCO1. The van der Waals surface area contributed by atoms with Crippen LogP contribution in [0.2, 0.25) is 0 Å². The number of benzene rings is 1. The van der Waals surface area contributed by atoms with Crippen LogP contribution in [0.5, 0.6) is 0 Å². The number of hydrogen-bond donors (Lipinski definition) is 1. The van der Waals surface area contributed by atoms with Gasteiger partial charge in [0.25, 0.3) is 5.91 Å². The average molecular weight is 291 g/mol. The molecule has 1 aliphatic heterocycles. The monoisotopic (exact) mass is 291 g/mol. The third kappa shape index (κ3) is 4.46. The number of amides is 1. The van der Waals surface area contributed by atoms with Crippen molar-refractivity contribution in [2.75, 3.05) is 26.3 Å². The molecule has 1 unspecified atom stereocenters. The van der Waals surface area contributed by atoms with Gasteiger partial charge in [0, 0.05) is 18.7 Å². The van der Waals surface area contributed by atoms with E-state index in [1.54, 1.807) is 4.90 Å². The molecule has 21 heavy (non-hydrogen) atoms. The van der Waals surface area contributed by atoms with Crippen LogP contribution in [0.25, 0.3) is 0 Å². The first kappa shape index (κ1) is 15.3. The minimum absolute atomic E-state index is 0.0960. The molecule has 0 bridgehead atoms. The Bertz CT molecular complexity index is 490. The van der Waals surface area contributed by atoms with Crippen molar-refractivity contribution < 1.29 is 14.4 Å². The molecular formula is C15H21N3O3. The molecular weight excluding hydrogens is 270 g/mol. The van der Waals surface area contributed by atoms with E-state index in [1.165, 1.54) is 0 Å². The summed E-state index contributed by atoms with van der Waals surface area (Å²) in [6, 6.07) is 9.28. The van der Waals surface area contributed by atoms with Gasteiger partial charge in [0.15, 0.2) is 12.4 Å². The Morgan fingerprint density at radius 3 is 2.95 bits per heavy atom. The summed E-state index contributed by atoms with van der Waals surface area (Å²) >= 11 is 0. The minimum atomic E-state index is -0.107. The number of amidine groups is 1. The van der Waals surface area contributed by atoms with E-state index < -0.39 is 0 Å². The van der Waals surface area contributed by atoms with E-state index in [1.807, 2.05) is 37.3 Å². The number of carbonyl (C=O) groups excluding carboxylic acids is 1. The summed E-state index contributed by atoms with van der Waals surface area (Å²) in [6.07, 6.45) is 1.00. The summed E-state index contributed by atoms with van der Waals surface area (Å²) in [5.41, 5.74) is 6.55. The van der Waals surface area contributed by atoms with Crippen LogP contribution in [0, 0.1) is 0 Å². The molecule has 114 valence electrons. The summed E-state index contributed by atoms with van der Waals surface area (Å²) in [7, 11) is 0. The predicted molar refractivity (Wildman–Crippen MR) is 79.7 cm³/mol. The molecule has 0 radical (unpaired) electrons. The zero-order valence-corrected chi connectivity index (χ0v) is 12.2. The molecule has 1 fully saturated rings. The molecule has 0 spiro atoms. The summed E-state index contributed by atoms with van der Waals surface area (Å²) in [5, 5.41) is 3.78. The zero-order chi connectivity index (χ0) is 15.1. The summed E-state index contributed by atoms with van der Waals surface area (Å²) < 4.78 is 5.53. The van der Waals surface area contributed by atoms with E-state index in [9.17, 15) is 4.79 Å². The molecule has 2 N–H and O–H groups in total. The third-order valence-electron chi connectivity index (χ3n) is 3.37. The van der Waals surface area contributed by atoms with Crippen LogP contribution in [0.15, 0.2) is 35.5 Å². The first-order valence-electron chi connectivity index (χ1n) is 7.11. The van der Waals surface area contributed by atoms with Gasteiger partial charge in [-0.15, -0.1) is 0 Å². The van der Waals surface area contributed by atoms with E-state index in [-0.39, 0.29) is 24.5 Å². The number of hydrogen-bond acceptors (Lipinski definition) is 4. The van der Waals surface area contributed by atoms with Gasteiger partial charge in [-0.25, -0.2) is 0 Å².